The summed E-state index contributed by atoms with van der Waals surface area (Å²) in [6.45, 7) is 3.01. The number of ether oxygens (including phenoxy) is 2. The van der Waals surface area contributed by atoms with Crippen molar-refractivity contribution < 1.29 is 33.5 Å². The number of carbonyl (C=O) groups is 4. The molecule has 386 valence electrons. The number of aromatic nitrogens is 1. The van der Waals surface area contributed by atoms with Gasteiger partial charge in [0, 0.05) is 15.6 Å². The Bertz CT molecular complexity index is 3230. The van der Waals surface area contributed by atoms with Gasteiger partial charge in [-0.15, -0.1) is 23.1 Å². The van der Waals surface area contributed by atoms with Crippen molar-refractivity contribution in [3.05, 3.63) is 274 Å². The lowest BCUT2D eigenvalue weighted by Crippen LogP contribution is -2.71. The summed E-state index contributed by atoms with van der Waals surface area (Å²) >= 11 is 4.87. The molecular formula is C62H52IN5O7S2. The number of esters is 2. The monoisotopic (exact) mass is 1170 g/mol. The van der Waals surface area contributed by atoms with Crippen LogP contribution in [0.25, 0.3) is 0 Å². The van der Waals surface area contributed by atoms with Crippen molar-refractivity contribution in [2.75, 3.05) is 15.5 Å². The molecule has 2 aliphatic heterocycles. The maximum absolute atomic E-state index is 15.0. The maximum atomic E-state index is 15.0. The molecule has 1 aromatic heterocycles. The van der Waals surface area contributed by atoms with Crippen LogP contribution in [0, 0.1) is 0 Å². The molecule has 0 aliphatic carbocycles. The second-order valence-corrected chi connectivity index (χ2v) is 21.4. The van der Waals surface area contributed by atoms with E-state index in [1.807, 2.05) is 212 Å². The summed E-state index contributed by atoms with van der Waals surface area (Å²) in [5.74, 6) is -2.28. The minimum Gasteiger partial charge on any atom is -0.450 e. The van der Waals surface area contributed by atoms with Gasteiger partial charge in [-0.3, -0.25) is 14.5 Å². The number of fused-ring (bicyclic) bond motifs is 1. The number of hydrogen-bond acceptors (Lipinski definition) is 12. The molecule has 10 rings (SSSR count). The van der Waals surface area contributed by atoms with Crippen molar-refractivity contribution in [2.24, 2.45) is 5.16 Å². The number of nitrogens with zero attached hydrogens (tertiary/aromatic N) is 3. The summed E-state index contributed by atoms with van der Waals surface area (Å²) < 4.78 is 13.0. The second kappa shape index (κ2) is 23.6. The van der Waals surface area contributed by atoms with E-state index >= 15 is 0 Å². The molecule has 1 saturated heterocycles. The van der Waals surface area contributed by atoms with Gasteiger partial charge in [-0.25, -0.2) is 14.6 Å². The van der Waals surface area contributed by atoms with Crippen LogP contribution in [0.4, 0.5) is 5.13 Å². The first kappa shape index (κ1) is 52.6. The number of thioether (sulfide) groups is 1. The zero-order valence-corrected chi connectivity index (χ0v) is 45.7. The fourth-order valence-corrected chi connectivity index (χ4v) is 12.4. The van der Waals surface area contributed by atoms with Crippen LogP contribution in [0.1, 0.15) is 70.7 Å². The summed E-state index contributed by atoms with van der Waals surface area (Å²) in [5.41, 5.74) is 3.84. The third-order valence-electron chi connectivity index (χ3n) is 13.3. The molecule has 7 aromatic carbocycles. The van der Waals surface area contributed by atoms with Crippen molar-refractivity contribution in [3.63, 3.8) is 0 Å². The molecule has 8 aromatic rings. The highest BCUT2D eigenvalue weighted by Crippen LogP contribution is 2.43. The zero-order valence-electron chi connectivity index (χ0n) is 41.9. The molecule has 2 amide bonds. The summed E-state index contributed by atoms with van der Waals surface area (Å²) in [5, 5.41) is 12.5. The van der Waals surface area contributed by atoms with E-state index in [2.05, 4.69) is 38.4 Å². The molecule has 0 spiro atoms. The highest BCUT2D eigenvalue weighted by Gasteiger charge is 2.55. The topological polar surface area (TPSA) is 149 Å². The van der Waals surface area contributed by atoms with Gasteiger partial charge in [0.25, 0.3) is 11.8 Å². The number of anilines is 1. The second-order valence-electron chi connectivity index (χ2n) is 18.7. The Morgan fingerprint density at radius 3 is 1.53 bits per heavy atom. The Morgan fingerprint density at radius 1 is 0.662 bits per heavy atom. The standard InChI is InChI=1S/C62H52IN5O7S2/c1-61(2,59(72)74-54(43-28-14-5-15-29-43)44-30-16-6-17-31-44)75-67-50(49-40-77-60(64-49)66-62(46-32-18-7-19-33-46,47-34-20-8-21-35-47)48-36-22-9-23-37-48)55(69)65-51-56(70)68-52(45(38-63)39-76-57(51)68)58(71)73-53(41-24-10-3-11-25-41)42-26-12-4-13-27-42/h3-37,40,51,53-54,57H,38-39H2,1-2H3,(H,64,66)(H,65,69)/t51?,57-/m0/s1. The van der Waals surface area contributed by atoms with Crippen LogP contribution < -0.4 is 10.6 Å². The van der Waals surface area contributed by atoms with Gasteiger partial charge in [0.2, 0.25) is 5.60 Å². The average Bonchev–Trinajstić information content (AvgIpc) is 3.95. The van der Waals surface area contributed by atoms with Crippen LogP contribution in [0.5, 0.6) is 0 Å². The number of thiazole rings is 1. The smallest absolute Gasteiger partial charge is 0.356 e. The lowest BCUT2D eigenvalue weighted by atomic mass is 9.77. The molecule has 0 saturated carbocycles. The van der Waals surface area contributed by atoms with Gasteiger partial charge in [0.15, 0.2) is 23.1 Å². The third kappa shape index (κ3) is 11.2. The van der Waals surface area contributed by atoms with Crippen LogP contribution in [-0.2, 0) is 39.0 Å². The largest absolute Gasteiger partial charge is 0.450 e. The van der Waals surface area contributed by atoms with Gasteiger partial charge in [-0.2, -0.15) is 0 Å². The molecule has 77 heavy (non-hydrogen) atoms. The molecule has 1 unspecified atom stereocenters. The number of nitrogens with one attached hydrogen (secondary N) is 2. The SMILES string of the molecule is CC(C)(ON=C(C(=O)NC1C(=O)N2C(C(=O)OC(c3ccccc3)c3ccccc3)=C(CI)CS[C@@H]12)c1csc(NC(c2ccccc2)(c2ccccc2)c2ccccc2)n1)C(=O)OC(c1ccccc1)c1ccccc1. The predicted molar refractivity (Wildman–Crippen MR) is 309 cm³/mol. The summed E-state index contributed by atoms with van der Waals surface area (Å²) in [6.07, 6.45) is -1.52. The minimum atomic E-state index is -1.75. The summed E-state index contributed by atoms with van der Waals surface area (Å²) in [6, 6.07) is 66.6. The molecule has 3 heterocycles. The van der Waals surface area contributed by atoms with E-state index in [4.69, 9.17) is 19.3 Å². The van der Waals surface area contributed by atoms with Crippen LogP contribution in [0.3, 0.4) is 0 Å². The van der Waals surface area contributed by atoms with E-state index in [1.165, 1.54) is 41.8 Å². The normalized spacial score (nSPS) is 15.6. The van der Waals surface area contributed by atoms with Crippen LogP contribution >= 0.6 is 45.7 Å². The van der Waals surface area contributed by atoms with Crippen molar-refractivity contribution in [1.29, 1.82) is 0 Å². The van der Waals surface area contributed by atoms with Crippen molar-refractivity contribution in [2.45, 2.75) is 48.6 Å². The highest BCUT2D eigenvalue weighted by atomic mass is 127. The number of benzene rings is 7. The zero-order chi connectivity index (χ0) is 53.4. The van der Waals surface area contributed by atoms with Gasteiger partial charge in [-0.1, -0.05) is 240 Å². The van der Waals surface area contributed by atoms with Gasteiger partial charge in [-0.05, 0) is 58.4 Å². The van der Waals surface area contributed by atoms with E-state index in [-0.39, 0.29) is 17.1 Å². The average molecular weight is 1170 g/mol. The first-order valence-corrected chi connectivity index (χ1v) is 28.3. The van der Waals surface area contributed by atoms with E-state index in [9.17, 15) is 19.2 Å². The molecule has 1 fully saturated rings. The number of halogens is 1. The van der Waals surface area contributed by atoms with E-state index in [0.717, 1.165) is 44.5 Å². The first-order chi connectivity index (χ1) is 37.6. The van der Waals surface area contributed by atoms with E-state index in [1.54, 1.807) is 5.38 Å². The number of oxime groups is 1. The Labute approximate surface area is 468 Å². The number of alkyl halides is 1. The van der Waals surface area contributed by atoms with Crippen molar-refractivity contribution in [3.8, 4) is 0 Å². The number of carbonyl (C=O) groups excluding carboxylic acids is 4. The van der Waals surface area contributed by atoms with Gasteiger partial charge in [0.1, 0.15) is 28.3 Å². The highest BCUT2D eigenvalue weighted by molar-refractivity contribution is 14.1. The Morgan fingerprint density at radius 2 is 1.09 bits per heavy atom. The van der Waals surface area contributed by atoms with Crippen LogP contribution in [0.15, 0.2) is 234 Å². The molecule has 12 nitrogen and oxygen atoms in total. The van der Waals surface area contributed by atoms with E-state index in [0.29, 0.717) is 15.3 Å². The third-order valence-corrected chi connectivity index (χ3v) is 16.3. The van der Waals surface area contributed by atoms with Crippen molar-refractivity contribution in [1.82, 2.24) is 15.2 Å². The number of β-lactam (4-membered cyclic amide) rings is 1. The van der Waals surface area contributed by atoms with Crippen molar-refractivity contribution >= 4 is 80.3 Å². The Kier molecular flexibility index (Phi) is 16.1. The van der Waals surface area contributed by atoms with Gasteiger partial charge in [0.05, 0.1) is 0 Å². The molecule has 2 atom stereocenters. The first-order valence-electron chi connectivity index (χ1n) is 24.9. The Balaban J connectivity index is 0.969. The number of rotatable bonds is 19. The van der Waals surface area contributed by atoms with Crippen LogP contribution in [0.2, 0.25) is 0 Å². The van der Waals surface area contributed by atoms with Gasteiger partial charge < -0.3 is 24.9 Å². The van der Waals surface area contributed by atoms with Gasteiger partial charge >= 0.3 is 11.9 Å². The molecule has 0 bridgehead atoms. The summed E-state index contributed by atoms with van der Waals surface area (Å²) in [7, 11) is 0. The van der Waals surface area contributed by atoms with Crippen LogP contribution in [-0.4, -0.2) is 66.5 Å². The summed E-state index contributed by atoms with van der Waals surface area (Å²) in [4.78, 5) is 70.7. The molecular weight excluding hydrogens is 1120 g/mol. The fraction of sp³-hybridized carbons (Fsp3) is 0.161. The molecule has 2 N–H and O–H groups in total. The van der Waals surface area contributed by atoms with E-state index < -0.39 is 58.5 Å². The fourth-order valence-electron chi connectivity index (χ4n) is 9.35. The molecule has 15 heteroatoms. The lowest BCUT2D eigenvalue weighted by Gasteiger charge is -2.49. The number of amides is 2. The predicted octanol–water partition coefficient (Wildman–Crippen LogP) is 11.8. The lowest BCUT2D eigenvalue weighted by molar-refractivity contribution is -0.172. The molecule has 2 aliphatic rings. The number of hydrogen-bond donors (Lipinski definition) is 2. The minimum absolute atomic E-state index is 0.109. The quantitative estimate of drug-likeness (QED) is 0.0152. The maximum Gasteiger partial charge on any atom is 0.356 e. The Hall–Kier alpha value is -7.86. The molecule has 0 radical (unpaired) electrons.